The SMILES string of the molecule is CCCCN1CCC(NC(=O)c2ccc(F)cc2Br)CC1. The maximum absolute atomic E-state index is 13.0. The number of likely N-dealkylation sites (tertiary alicyclic amines) is 1. The first kappa shape index (κ1) is 16.4. The molecule has 0 radical (unpaired) electrons. The number of carbonyl (C=O) groups is 1. The van der Waals surface area contributed by atoms with Crippen LogP contribution in [-0.2, 0) is 0 Å². The number of nitrogens with zero attached hydrogens (tertiary/aromatic N) is 1. The molecule has 1 aromatic carbocycles. The summed E-state index contributed by atoms with van der Waals surface area (Å²) in [6.07, 6.45) is 4.41. The number of hydrogen-bond acceptors (Lipinski definition) is 2. The summed E-state index contributed by atoms with van der Waals surface area (Å²) in [5, 5.41) is 3.05. The molecule has 1 saturated heterocycles. The van der Waals surface area contributed by atoms with Crippen LogP contribution < -0.4 is 5.32 Å². The molecule has 0 bridgehead atoms. The van der Waals surface area contributed by atoms with Gasteiger partial charge in [-0.05, 0) is 59.9 Å². The van der Waals surface area contributed by atoms with Crippen LogP contribution in [0.1, 0.15) is 43.0 Å². The van der Waals surface area contributed by atoms with E-state index in [-0.39, 0.29) is 17.8 Å². The van der Waals surface area contributed by atoms with Gasteiger partial charge >= 0.3 is 0 Å². The Bertz CT molecular complexity index is 487. The van der Waals surface area contributed by atoms with Crippen molar-refractivity contribution in [3.05, 3.63) is 34.1 Å². The van der Waals surface area contributed by atoms with E-state index < -0.39 is 0 Å². The fourth-order valence-corrected chi connectivity index (χ4v) is 3.15. The lowest BCUT2D eigenvalue weighted by Gasteiger charge is -2.32. The van der Waals surface area contributed by atoms with Gasteiger partial charge in [0.2, 0.25) is 0 Å². The molecule has 2 rings (SSSR count). The topological polar surface area (TPSA) is 32.3 Å². The van der Waals surface area contributed by atoms with E-state index in [2.05, 4.69) is 33.1 Å². The monoisotopic (exact) mass is 356 g/mol. The molecule has 0 saturated carbocycles. The predicted molar refractivity (Wildman–Crippen MR) is 85.9 cm³/mol. The second-order valence-corrected chi connectivity index (χ2v) is 6.42. The molecule has 1 aliphatic heterocycles. The third kappa shape index (κ3) is 4.78. The van der Waals surface area contributed by atoms with E-state index in [0.29, 0.717) is 10.0 Å². The van der Waals surface area contributed by atoms with E-state index in [1.54, 1.807) is 0 Å². The first-order chi connectivity index (χ1) is 10.1. The minimum absolute atomic E-state index is 0.131. The van der Waals surface area contributed by atoms with Gasteiger partial charge in [-0.2, -0.15) is 0 Å². The average molecular weight is 357 g/mol. The molecule has 0 atom stereocenters. The molecule has 1 N–H and O–H groups in total. The number of halogens is 2. The van der Waals surface area contributed by atoms with Crippen molar-refractivity contribution >= 4 is 21.8 Å². The van der Waals surface area contributed by atoms with Crippen LogP contribution in [0.25, 0.3) is 0 Å². The number of nitrogens with one attached hydrogen (secondary N) is 1. The Hall–Kier alpha value is -0.940. The van der Waals surface area contributed by atoms with E-state index in [0.717, 1.165) is 32.5 Å². The maximum atomic E-state index is 13.0. The highest BCUT2D eigenvalue weighted by Crippen LogP contribution is 2.19. The van der Waals surface area contributed by atoms with Crippen LogP contribution in [0.15, 0.2) is 22.7 Å². The second-order valence-electron chi connectivity index (χ2n) is 5.57. The number of unbranched alkanes of at least 4 members (excludes halogenated alkanes) is 1. The minimum atomic E-state index is -0.345. The summed E-state index contributed by atoms with van der Waals surface area (Å²) in [7, 11) is 0. The van der Waals surface area contributed by atoms with Gasteiger partial charge in [0.05, 0.1) is 5.56 Å². The molecule has 0 unspecified atom stereocenters. The van der Waals surface area contributed by atoms with Crippen LogP contribution in [0, 0.1) is 5.82 Å². The van der Waals surface area contributed by atoms with E-state index in [1.165, 1.54) is 31.0 Å². The lowest BCUT2D eigenvalue weighted by molar-refractivity contribution is 0.0910. The van der Waals surface area contributed by atoms with Crippen LogP contribution in [0.5, 0.6) is 0 Å². The number of benzene rings is 1. The van der Waals surface area contributed by atoms with Gasteiger partial charge in [-0.3, -0.25) is 4.79 Å². The van der Waals surface area contributed by atoms with Gasteiger partial charge in [0, 0.05) is 23.6 Å². The summed E-state index contributed by atoms with van der Waals surface area (Å²) in [5.41, 5.74) is 0.491. The zero-order chi connectivity index (χ0) is 15.2. The van der Waals surface area contributed by atoms with Crippen molar-refractivity contribution in [3.8, 4) is 0 Å². The van der Waals surface area contributed by atoms with Crippen LogP contribution in [-0.4, -0.2) is 36.5 Å². The summed E-state index contributed by atoms with van der Waals surface area (Å²) >= 11 is 3.24. The Morgan fingerprint density at radius 3 is 2.76 bits per heavy atom. The van der Waals surface area contributed by atoms with E-state index in [4.69, 9.17) is 0 Å². The Kier molecular flexibility index (Phi) is 6.18. The van der Waals surface area contributed by atoms with Crippen molar-refractivity contribution in [1.29, 1.82) is 0 Å². The van der Waals surface area contributed by atoms with Crippen LogP contribution >= 0.6 is 15.9 Å². The highest BCUT2D eigenvalue weighted by Gasteiger charge is 2.21. The van der Waals surface area contributed by atoms with Gasteiger partial charge in [0.1, 0.15) is 5.82 Å². The molecule has 1 fully saturated rings. The molecule has 1 heterocycles. The number of piperidine rings is 1. The van der Waals surface area contributed by atoms with Crippen molar-refractivity contribution in [2.24, 2.45) is 0 Å². The highest BCUT2D eigenvalue weighted by molar-refractivity contribution is 9.10. The number of rotatable bonds is 5. The highest BCUT2D eigenvalue weighted by atomic mass is 79.9. The summed E-state index contributed by atoms with van der Waals surface area (Å²) in [6, 6.07) is 4.37. The van der Waals surface area contributed by atoms with Crippen LogP contribution in [0.2, 0.25) is 0 Å². The fourth-order valence-electron chi connectivity index (χ4n) is 2.62. The van der Waals surface area contributed by atoms with Crippen molar-refractivity contribution < 1.29 is 9.18 Å². The molecule has 0 aliphatic carbocycles. The molecule has 1 amide bonds. The molecular weight excluding hydrogens is 335 g/mol. The fraction of sp³-hybridized carbons (Fsp3) is 0.562. The molecule has 3 nitrogen and oxygen atoms in total. The Morgan fingerprint density at radius 2 is 2.14 bits per heavy atom. The van der Waals surface area contributed by atoms with Gasteiger partial charge in [-0.25, -0.2) is 4.39 Å². The molecule has 0 spiro atoms. The Balaban J connectivity index is 1.84. The molecule has 21 heavy (non-hydrogen) atoms. The summed E-state index contributed by atoms with van der Waals surface area (Å²) in [5.74, 6) is -0.475. The molecule has 5 heteroatoms. The van der Waals surface area contributed by atoms with Gasteiger partial charge < -0.3 is 10.2 Å². The quantitative estimate of drug-likeness (QED) is 0.874. The Labute approximate surface area is 134 Å². The average Bonchev–Trinajstić information content (AvgIpc) is 2.46. The summed E-state index contributed by atoms with van der Waals surface area (Å²) in [4.78, 5) is 14.7. The van der Waals surface area contributed by atoms with Crippen molar-refractivity contribution in [1.82, 2.24) is 10.2 Å². The third-order valence-corrected chi connectivity index (χ3v) is 4.58. The molecular formula is C16H22BrFN2O. The molecule has 1 aliphatic rings. The van der Waals surface area contributed by atoms with Crippen molar-refractivity contribution in [2.45, 2.75) is 38.6 Å². The van der Waals surface area contributed by atoms with Gasteiger partial charge in [0.25, 0.3) is 5.91 Å². The zero-order valence-corrected chi connectivity index (χ0v) is 14.0. The van der Waals surface area contributed by atoms with Gasteiger partial charge in [0.15, 0.2) is 0 Å². The van der Waals surface area contributed by atoms with Gasteiger partial charge in [-0.15, -0.1) is 0 Å². The number of carbonyl (C=O) groups excluding carboxylic acids is 1. The lowest BCUT2D eigenvalue weighted by Crippen LogP contribution is -2.44. The normalized spacial score (nSPS) is 16.9. The van der Waals surface area contributed by atoms with Crippen molar-refractivity contribution in [2.75, 3.05) is 19.6 Å². The van der Waals surface area contributed by atoms with Gasteiger partial charge in [-0.1, -0.05) is 13.3 Å². The summed E-state index contributed by atoms with van der Waals surface area (Å²) < 4.78 is 13.5. The zero-order valence-electron chi connectivity index (χ0n) is 12.4. The first-order valence-corrected chi connectivity index (χ1v) is 8.37. The second kappa shape index (κ2) is 7.90. The molecule has 0 aromatic heterocycles. The Morgan fingerprint density at radius 1 is 1.43 bits per heavy atom. The smallest absolute Gasteiger partial charge is 0.252 e. The van der Waals surface area contributed by atoms with Crippen molar-refractivity contribution in [3.63, 3.8) is 0 Å². The lowest BCUT2D eigenvalue weighted by atomic mass is 10.0. The first-order valence-electron chi connectivity index (χ1n) is 7.58. The summed E-state index contributed by atoms with van der Waals surface area (Å²) in [6.45, 7) is 5.43. The maximum Gasteiger partial charge on any atom is 0.252 e. The van der Waals surface area contributed by atoms with E-state index in [1.807, 2.05) is 0 Å². The molecule has 1 aromatic rings. The van der Waals surface area contributed by atoms with E-state index >= 15 is 0 Å². The molecule has 116 valence electrons. The predicted octanol–water partition coefficient (Wildman–Crippen LogP) is 3.58. The van der Waals surface area contributed by atoms with E-state index in [9.17, 15) is 9.18 Å². The standard InChI is InChI=1S/C16H22BrFN2O/c1-2-3-8-20-9-6-13(7-10-20)19-16(21)14-5-4-12(18)11-15(14)17/h4-5,11,13H,2-3,6-10H2,1H3,(H,19,21). The largest absolute Gasteiger partial charge is 0.349 e. The number of amides is 1. The minimum Gasteiger partial charge on any atom is -0.349 e. The number of hydrogen-bond donors (Lipinski definition) is 1. The third-order valence-electron chi connectivity index (χ3n) is 3.93. The van der Waals surface area contributed by atoms with Crippen LogP contribution in [0.4, 0.5) is 4.39 Å². The van der Waals surface area contributed by atoms with Crippen LogP contribution in [0.3, 0.4) is 0 Å².